The molecule has 11 heteroatoms. The highest BCUT2D eigenvalue weighted by atomic mass is 16.5. The number of methoxy groups -OCH3 is 2. The van der Waals surface area contributed by atoms with Gasteiger partial charge in [-0.2, -0.15) is 0 Å². The summed E-state index contributed by atoms with van der Waals surface area (Å²) in [7, 11) is 2.93. The third kappa shape index (κ3) is 4.55. The first-order chi connectivity index (χ1) is 14.9. The summed E-state index contributed by atoms with van der Waals surface area (Å²) in [6.07, 6.45) is 1.18. The molecule has 0 bridgehead atoms. The molecule has 0 fully saturated rings. The van der Waals surface area contributed by atoms with Gasteiger partial charge >= 0.3 is 11.7 Å². The Kier molecular flexibility index (Phi) is 6.34. The predicted octanol–water partition coefficient (Wildman–Crippen LogP) is 0.917. The minimum atomic E-state index is -0.851. The van der Waals surface area contributed by atoms with Crippen molar-refractivity contribution < 1.29 is 23.8 Å². The van der Waals surface area contributed by atoms with Crippen LogP contribution in [0.5, 0.6) is 11.5 Å². The van der Waals surface area contributed by atoms with E-state index in [0.29, 0.717) is 17.2 Å². The van der Waals surface area contributed by atoms with Crippen molar-refractivity contribution in [3.8, 4) is 11.5 Å². The molecule has 11 nitrogen and oxygen atoms in total. The number of H-pyrrole nitrogens is 1. The van der Waals surface area contributed by atoms with E-state index in [4.69, 9.17) is 14.2 Å². The van der Waals surface area contributed by atoms with Crippen molar-refractivity contribution in [2.45, 2.75) is 13.5 Å². The molecule has 2 aromatic heterocycles. The van der Waals surface area contributed by atoms with Gasteiger partial charge in [-0.1, -0.05) is 0 Å². The van der Waals surface area contributed by atoms with E-state index in [-0.39, 0.29) is 23.1 Å². The second-order valence-electron chi connectivity index (χ2n) is 6.29. The first-order valence-corrected chi connectivity index (χ1v) is 9.19. The molecule has 0 saturated heterocycles. The number of carbonyl (C=O) groups is 2. The van der Waals surface area contributed by atoms with Gasteiger partial charge in [0.15, 0.2) is 6.61 Å². The number of fused-ring (bicyclic) bond motifs is 1. The van der Waals surface area contributed by atoms with Gasteiger partial charge in [0, 0.05) is 18.8 Å². The molecule has 0 atom stereocenters. The van der Waals surface area contributed by atoms with Gasteiger partial charge in [0.2, 0.25) is 0 Å². The molecule has 1 amide bonds. The standard InChI is InChI=1S/C20H20N4O7/c1-4-24-17-13(18(26)23-20(24)28)7-11(9-21-17)19(27)31-10-16(25)22-14-8-12(29-2)5-6-15(14)30-3/h5-9H,4,10H2,1-3H3,(H,22,25)(H,23,26,28). The van der Waals surface area contributed by atoms with Crippen LogP contribution >= 0.6 is 0 Å². The van der Waals surface area contributed by atoms with Crippen LogP contribution in [0.15, 0.2) is 40.1 Å². The number of hydrogen-bond acceptors (Lipinski definition) is 8. The van der Waals surface area contributed by atoms with Gasteiger partial charge in [-0.15, -0.1) is 0 Å². The van der Waals surface area contributed by atoms with Gasteiger partial charge < -0.3 is 19.5 Å². The summed E-state index contributed by atoms with van der Waals surface area (Å²) >= 11 is 0. The van der Waals surface area contributed by atoms with Crippen LogP contribution in [-0.2, 0) is 16.1 Å². The van der Waals surface area contributed by atoms with Crippen LogP contribution in [-0.4, -0.2) is 47.2 Å². The van der Waals surface area contributed by atoms with Crippen molar-refractivity contribution in [1.29, 1.82) is 0 Å². The molecular formula is C20H20N4O7. The Morgan fingerprint density at radius 2 is 1.94 bits per heavy atom. The first-order valence-electron chi connectivity index (χ1n) is 9.19. The lowest BCUT2D eigenvalue weighted by Gasteiger charge is -2.12. The fourth-order valence-corrected chi connectivity index (χ4v) is 2.89. The number of aryl methyl sites for hydroxylation is 1. The Balaban J connectivity index is 1.74. The van der Waals surface area contributed by atoms with Crippen molar-refractivity contribution in [2.75, 3.05) is 26.1 Å². The number of carbonyl (C=O) groups excluding carboxylic acids is 2. The largest absolute Gasteiger partial charge is 0.497 e. The van der Waals surface area contributed by atoms with Crippen molar-refractivity contribution in [1.82, 2.24) is 14.5 Å². The number of pyridine rings is 1. The van der Waals surface area contributed by atoms with Crippen LogP contribution in [0.4, 0.5) is 5.69 Å². The molecule has 2 N–H and O–H groups in total. The van der Waals surface area contributed by atoms with E-state index in [9.17, 15) is 19.2 Å². The SMILES string of the molecule is CCn1c(=O)[nH]c(=O)c2cc(C(=O)OCC(=O)Nc3cc(OC)ccc3OC)cnc21. The average molecular weight is 428 g/mol. The maximum absolute atomic E-state index is 12.3. The molecule has 0 spiro atoms. The zero-order valence-corrected chi connectivity index (χ0v) is 17.1. The maximum atomic E-state index is 12.3. The van der Waals surface area contributed by atoms with Crippen LogP contribution in [0.3, 0.4) is 0 Å². The maximum Gasteiger partial charge on any atom is 0.340 e. The molecule has 3 rings (SSSR count). The molecule has 3 aromatic rings. The average Bonchev–Trinajstić information content (AvgIpc) is 2.77. The van der Waals surface area contributed by atoms with Crippen LogP contribution in [0, 0.1) is 0 Å². The molecule has 162 valence electrons. The Bertz CT molecular complexity index is 1260. The fourth-order valence-electron chi connectivity index (χ4n) is 2.89. The van der Waals surface area contributed by atoms with E-state index in [1.165, 1.54) is 31.0 Å². The van der Waals surface area contributed by atoms with Crippen LogP contribution in [0.1, 0.15) is 17.3 Å². The summed E-state index contributed by atoms with van der Waals surface area (Å²) in [5.41, 5.74) is -0.803. The lowest BCUT2D eigenvalue weighted by Crippen LogP contribution is -2.30. The first kappa shape index (κ1) is 21.6. The Hall–Kier alpha value is -4.15. The molecule has 0 aliphatic carbocycles. The van der Waals surface area contributed by atoms with Crippen LogP contribution in [0.2, 0.25) is 0 Å². The third-order valence-electron chi connectivity index (χ3n) is 4.40. The number of hydrogen-bond donors (Lipinski definition) is 2. The summed E-state index contributed by atoms with van der Waals surface area (Å²) in [4.78, 5) is 54.7. The molecule has 1 aromatic carbocycles. The van der Waals surface area contributed by atoms with Gasteiger partial charge in [-0.05, 0) is 25.1 Å². The summed E-state index contributed by atoms with van der Waals surface area (Å²) in [6, 6.07) is 6.11. The Labute approximate surface area is 175 Å². The highest BCUT2D eigenvalue weighted by molar-refractivity contribution is 5.97. The van der Waals surface area contributed by atoms with E-state index < -0.39 is 29.7 Å². The van der Waals surface area contributed by atoms with Gasteiger partial charge in [-0.3, -0.25) is 19.1 Å². The predicted molar refractivity (Wildman–Crippen MR) is 111 cm³/mol. The second-order valence-corrected chi connectivity index (χ2v) is 6.29. The summed E-state index contributed by atoms with van der Waals surface area (Å²) < 4.78 is 16.6. The summed E-state index contributed by atoms with van der Waals surface area (Å²) in [5, 5.41) is 2.63. The zero-order valence-electron chi connectivity index (χ0n) is 17.1. The topological polar surface area (TPSA) is 142 Å². The van der Waals surface area contributed by atoms with E-state index in [1.54, 1.807) is 25.1 Å². The number of rotatable bonds is 7. The molecule has 0 aliphatic heterocycles. The van der Waals surface area contributed by atoms with E-state index >= 15 is 0 Å². The fraction of sp³-hybridized carbons (Fsp3) is 0.250. The number of ether oxygens (including phenoxy) is 3. The van der Waals surface area contributed by atoms with Crippen LogP contribution in [0.25, 0.3) is 11.0 Å². The van der Waals surface area contributed by atoms with Gasteiger partial charge in [0.1, 0.15) is 17.1 Å². The van der Waals surface area contributed by atoms with Gasteiger partial charge in [0.25, 0.3) is 11.5 Å². The summed E-state index contributed by atoms with van der Waals surface area (Å²) in [5.74, 6) is -0.548. The number of nitrogens with zero attached hydrogens (tertiary/aromatic N) is 2. The normalized spacial score (nSPS) is 10.5. The lowest BCUT2D eigenvalue weighted by molar-refractivity contribution is -0.119. The Morgan fingerprint density at radius 3 is 2.61 bits per heavy atom. The van der Waals surface area contributed by atoms with Gasteiger partial charge in [0.05, 0.1) is 30.9 Å². The molecule has 0 saturated carbocycles. The number of amides is 1. The second kappa shape index (κ2) is 9.11. The number of benzene rings is 1. The third-order valence-corrected chi connectivity index (χ3v) is 4.40. The quantitative estimate of drug-likeness (QED) is 0.529. The number of aromatic nitrogens is 3. The van der Waals surface area contributed by atoms with Crippen molar-refractivity contribution in [2.24, 2.45) is 0 Å². The van der Waals surface area contributed by atoms with E-state index in [2.05, 4.69) is 15.3 Å². The van der Waals surface area contributed by atoms with Gasteiger partial charge in [-0.25, -0.2) is 14.6 Å². The number of anilines is 1. The van der Waals surface area contributed by atoms with Crippen molar-refractivity contribution in [3.63, 3.8) is 0 Å². The number of nitrogens with one attached hydrogen (secondary N) is 2. The summed E-state index contributed by atoms with van der Waals surface area (Å²) in [6.45, 7) is 1.43. The molecular weight excluding hydrogens is 408 g/mol. The number of aromatic amines is 1. The lowest BCUT2D eigenvalue weighted by atomic mass is 10.2. The Morgan fingerprint density at radius 1 is 1.16 bits per heavy atom. The monoisotopic (exact) mass is 428 g/mol. The van der Waals surface area contributed by atoms with E-state index in [1.807, 2.05) is 0 Å². The molecule has 0 unspecified atom stereocenters. The smallest absolute Gasteiger partial charge is 0.340 e. The molecule has 0 aliphatic rings. The highest BCUT2D eigenvalue weighted by Crippen LogP contribution is 2.28. The molecule has 0 radical (unpaired) electrons. The zero-order chi connectivity index (χ0) is 22.5. The highest BCUT2D eigenvalue weighted by Gasteiger charge is 2.16. The van der Waals surface area contributed by atoms with Crippen molar-refractivity contribution >= 4 is 28.6 Å². The minimum absolute atomic E-state index is 0.0361. The van der Waals surface area contributed by atoms with E-state index in [0.717, 1.165) is 0 Å². The van der Waals surface area contributed by atoms with Crippen LogP contribution < -0.4 is 26.0 Å². The minimum Gasteiger partial charge on any atom is -0.497 e. The molecule has 31 heavy (non-hydrogen) atoms. The number of esters is 1. The van der Waals surface area contributed by atoms with Crippen molar-refractivity contribution in [3.05, 3.63) is 56.9 Å². The molecule has 2 heterocycles.